The molecular formula is C23H38IN5O2. The molecule has 31 heavy (non-hydrogen) atoms. The predicted octanol–water partition coefficient (Wildman–Crippen LogP) is 2.45. The number of rotatable bonds is 7. The predicted molar refractivity (Wildman–Crippen MR) is 136 cm³/mol. The number of guanidine groups is 1. The molecule has 0 radical (unpaired) electrons. The monoisotopic (exact) mass is 543 g/mol. The maximum Gasteiger partial charge on any atom is 0.225 e. The molecule has 2 aliphatic rings. The highest BCUT2D eigenvalue weighted by atomic mass is 127. The quantitative estimate of drug-likeness (QED) is 0.314. The first-order valence-corrected chi connectivity index (χ1v) is 11.3. The second kappa shape index (κ2) is 13.2. The van der Waals surface area contributed by atoms with Crippen molar-refractivity contribution in [2.45, 2.75) is 46.3 Å². The summed E-state index contributed by atoms with van der Waals surface area (Å²) in [5, 5.41) is 6.89. The van der Waals surface area contributed by atoms with Crippen molar-refractivity contribution < 1.29 is 9.53 Å². The number of carbonyl (C=O) groups is 1. The van der Waals surface area contributed by atoms with Crippen LogP contribution in [0.25, 0.3) is 0 Å². The number of hydrogen-bond acceptors (Lipinski definition) is 4. The minimum absolute atomic E-state index is 0. The molecular weight excluding hydrogens is 505 g/mol. The Morgan fingerprint density at radius 1 is 1.19 bits per heavy atom. The number of hydrogen-bond donors (Lipinski definition) is 2. The van der Waals surface area contributed by atoms with E-state index in [9.17, 15) is 4.79 Å². The van der Waals surface area contributed by atoms with Gasteiger partial charge in [0.25, 0.3) is 0 Å². The molecule has 2 saturated heterocycles. The molecule has 1 aromatic rings. The van der Waals surface area contributed by atoms with Crippen LogP contribution >= 0.6 is 24.0 Å². The molecule has 1 amide bonds. The Labute approximate surface area is 204 Å². The highest BCUT2D eigenvalue weighted by molar-refractivity contribution is 14.0. The van der Waals surface area contributed by atoms with Gasteiger partial charge in [0.1, 0.15) is 0 Å². The first kappa shape index (κ1) is 25.9. The Kier molecular flexibility index (Phi) is 11.0. The lowest BCUT2D eigenvalue weighted by molar-refractivity contribution is -0.133. The second-order valence-electron chi connectivity index (χ2n) is 8.42. The molecule has 1 unspecified atom stereocenters. The molecule has 8 heteroatoms. The Morgan fingerprint density at radius 2 is 1.90 bits per heavy atom. The summed E-state index contributed by atoms with van der Waals surface area (Å²) in [6.45, 7) is 13.5. The van der Waals surface area contributed by atoms with Crippen LogP contribution in [0.4, 0.5) is 0 Å². The van der Waals surface area contributed by atoms with Gasteiger partial charge in [-0.2, -0.15) is 0 Å². The molecule has 1 atom stereocenters. The third-order valence-electron chi connectivity index (χ3n) is 5.70. The van der Waals surface area contributed by atoms with E-state index in [1.165, 1.54) is 11.1 Å². The van der Waals surface area contributed by atoms with Gasteiger partial charge in [-0.1, -0.05) is 38.1 Å². The maximum atomic E-state index is 12.3. The van der Waals surface area contributed by atoms with Gasteiger partial charge >= 0.3 is 0 Å². The zero-order valence-electron chi connectivity index (χ0n) is 19.1. The SMILES string of the molecule is CCNC(=NCc1ccccc1CN1CCOCC1)NC1CCN(C(=O)C(C)C)C1.I. The number of ether oxygens (including phenoxy) is 1. The summed E-state index contributed by atoms with van der Waals surface area (Å²) < 4.78 is 5.47. The van der Waals surface area contributed by atoms with Gasteiger partial charge in [0.05, 0.1) is 19.8 Å². The van der Waals surface area contributed by atoms with Gasteiger partial charge in [0.2, 0.25) is 5.91 Å². The van der Waals surface area contributed by atoms with E-state index in [1.807, 2.05) is 18.7 Å². The van der Waals surface area contributed by atoms with Crippen LogP contribution < -0.4 is 10.6 Å². The number of aliphatic imine (C=N–C) groups is 1. The Hall–Kier alpha value is -1.39. The second-order valence-corrected chi connectivity index (χ2v) is 8.42. The van der Waals surface area contributed by atoms with Crippen LogP contribution in [0.1, 0.15) is 38.3 Å². The fourth-order valence-corrected chi connectivity index (χ4v) is 3.99. The van der Waals surface area contributed by atoms with Crippen LogP contribution in [0.15, 0.2) is 29.3 Å². The Balaban J connectivity index is 0.00000341. The molecule has 0 aromatic heterocycles. The number of morpholine rings is 1. The van der Waals surface area contributed by atoms with Crippen LogP contribution in [0.2, 0.25) is 0 Å². The first-order chi connectivity index (χ1) is 14.6. The molecule has 0 aliphatic carbocycles. The first-order valence-electron chi connectivity index (χ1n) is 11.3. The fourth-order valence-electron chi connectivity index (χ4n) is 3.99. The van der Waals surface area contributed by atoms with Gasteiger partial charge in [-0.15, -0.1) is 24.0 Å². The van der Waals surface area contributed by atoms with Gasteiger partial charge in [-0.3, -0.25) is 9.69 Å². The highest BCUT2D eigenvalue weighted by Crippen LogP contribution is 2.15. The number of likely N-dealkylation sites (tertiary alicyclic amines) is 1. The molecule has 7 nitrogen and oxygen atoms in total. The summed E-state index contributed by atoms with van der Waals surface area (Å²) in [5.74, 6) is 1.11. The average molecular weight is 543 g/mol. The summed E-state index contributed by atoms with van der Waals surface area (Å²) in [4.78, 5) is 21.5. The van der Waals surface area contributed by atoms with Crippen LogP contribution in [0.5, 0.6) is 0 Å². The summed E-state index contributed by atoms with van der Waals surface area (Å²) in [6, 6.07) is 8.80. The van der Waals surface area contributed by atoms with Gasteiger partial charge in [-0.25, -0.2) is 4.99 Å². The smallest absolute Gasteiger partial charge is 0.225 e. The standard InChI is InChI=1S/C23H37N5O2.HI/c1-4-24-23(26-21-9-10-28(17-21)22(29)18(2)3)25-15-19-7-5-6-8-20(19)16-27-11-13-30-14-12-27;/h5-8,18,21H,4,9-17H2,1-3H3,(H2,24,25,26);1H. The van der Waals surface area contributed by atoms with E-state index in [1.54, 1.807) is 0 Å². The van der Waals surface area contributed by atoms with E-state index in [-0.39, 0.29) is 41.8 Å². The molecule has 0 bridgehead atoms. The van der Waals surface area contributed by atoms with Crippen LogP contribution in [-0.4, -0.2) is 73.6 Å². The largest absolute Gasteiger partial charge is 0.379 e. The zero-order chi connectivity index (χ0) is 21.3. The number of carbonyl (C=O) groups excluding carboxylic acids is 1. The lowest BCUT2D eigenvalue weighted by Crippen LogP contribution is -2.45. The highest BCUT2D eigenvalue weighted by Gasteiger charge is 2.28. The number of amides is 1. The van der Waals surface area contributed by atoms with Crippen LogP contribution in [-0.2, 0) is 22.6 Å². The van der Waals surface area contributed by atoms with E-state index >= 15 is 0 Å². The number of halogens is 1. The molecule has 2 fully saturated rings. The van der Waals surface area contributed by atoms with E-state index in [2.05, 4.69) is 46.7 Å². The van der Waals surface area contributed by atoms with Gasteiger partial charge in [-0.05, 0) is 24.5 Å². The van der Waals surface area contributed by atoms with Gasteiger partial charge < -0.3 is 20.3 Å². The van der Waals surface area contributed by atoms with Crippen molar-refractivity contribution in [1.29, 1.82) is 0 Å². The van der Waals surface area contributed by atoms with Crippen molar-refractivity contribution in [2.75, 3.05) is 45.9 Å². The van der Waals surface area contributed by atoms with E-state index < -0.39 is 0 Å². The molecule has 2 heterocycles. The minimum Gasteiger partial charge on any atom is -0.379 e. The van der Waals surface area contributed by atoms with Crippen LogP contribution in [0, 0.1) is 5.92 Å². The molecule has 0 saturated carbocycles. The van der Waals surface area contributed by atoms with Crippen molar-refractivity contribution in [3.05, 3.63) is 35.4 Å². The maximum absolute atomic E-state index is 12.3. The summed E-state index contributed by atoms with van der Waals surface area (Å²) in [6.07, 6.45) is 0.955. The molecule has 1 aromatic carbocycles. The lowest BCUT2D eigenvalue weighted by Gasteiger charge is -2.27. The van der Waals surface area contributed by atoms with Crippen LogP contribution in [0.3, 0.4) is 0 Å². The topological polar surface area (TPSA) is 69.2 Å². The zero-order valence-corrected chi connectivity index (χ0v) is 21.4. The van der Waals surface area contributed by atoms with Gasteiger partial charge in [0.15, 0.2) is 5.96 Å². The number of nitrogens with one attached hydrogen (secondary N) is 2. The Bertz CT molecular complexity index is 722. The van der Waals surface area contributed by atoms with Crippen molar-refractivity contribution in [1.82, 2.24) is 20.4 Å². The summed E-state index contributed by atoms with van der Waals surface area (Å²) >= 11 is 0. The third-order valence-corrected chi connectivity index (χ3v) is 5.70. The van der Waals surface area contributed by atoms with Gasteiger partial charge in [0, 0.05) is 51.2 Å². The fraction of sp³-hybridized carbons (Fsp3) is 0.652. The van der Waals surface area contributed by atoms with Crippen molar-refractivity contribution >= 4 is 35.8 Å². The summed E-state index contributed by atoms with van der Waals surface area (Å²) in [5.41, 5.74) is 2.58. The molecule has 2 N–H and O–H groups in total. The minimum atomic E-state index is 0. The van der Waals surface area contributed by atoms with Crippen molar-refractivity contribution in [2.24, 2.45) is 10.9 Å². The summed E-state index contributed by atoms with van der Waals surface area (Å²) in [7, 11) is 0. The third kappa shape index (κ3) is 7.91. The lowest BCUT2D eigenvalue weighted by atomic mass is 10.1. The number of nitrogens with zero attached hydrogens (tertiary/aromatic N) is 3. The molecule has 3 rings (SSSR count). The average Bonchev–Trinajstić information content (AvgIpc) is 3.21. The van der Waals surface area contributed by atoms with E-state index in [0.29, 0.717) is 6.54 Å². The van der Waals surface area contributed by atoms with E-state index in [0.717, 1.165) is 64.9 Å². The number of benzene rings is 1. The van der Waals surface area contributed by atoms with E-state index in [4.69, 9.17) is 9.73 Å². The van der Waals surface area contributed by atoms with Crippen molar-refractivity contribution in [3.63, 3.8) is 0 Å². The molecule has 0 spiro atoms. The molecule has 2 aliphatic heterocycles. The Morgan fingerprint density at radius 3 is 2.58 bits per heavy atom. The normalized spacial score (nSPS) is 19.9. The van der Waals surface area contributed by atoms with Crippen molar-refractivity contribution in [3.8, 4) is 0 Å². The molecule has 174 valence electrons.